The summed E-state index contributed by atoms with van der Waals surface area (Å²) in [6, 6.07) is 18.2. The largest absolute Gasteiger partial charge is 0.478 e. The van der Waals surface area contributed by atoms with Crippen LogP contribution in [0.25, 0.3) is 21.9 Å². The topological polar surface area (TPSA) is 53.1 Å². The first-order valence-electron chi connectivity index (χ1n) is 12.2. The van der Waals surface area contributed by atoms with Crippen molar-refractivity contribution in [3.05, 3.63) is 72.3 Å². The normalized spacial score (nSPS) is 17.7. The summed E-state index contributed by atoms with van der Waals surface area (Å²) in [7, 11) is 3.97. The molecule has 0 bridgehead atoms. The van der Waals surface area contributed by atoms with Crippen LogP contribution in [-0.2, 0) is 9.59 Å². The molecule has 1 saturated heterocycles. The maximum atomic E-state index is 13.5. The molecule has 36 heavy (non-hydrogen) atoms. The van der Waals surface area contributed by atoms with Gasteiger partial charge in [-0.2, -0.15) is 0 Å². The smallest absolute Gasteiger partial charge is 0.268 e. The zero-order valence-electron chi connectivity index (χ0n) is 20.6. The van der Waals surface area contributed by atoms with Gasteiger partial charge in [0.15, 0.2) is 6.10 Å². The molecule has 5 rings (SSSR count). The molecule has 0 unspecified atom stereocenters. The minimum absolute atomic E-state index is 0.0631. The van der Waals surface area contributed by atoms with E-state index in [9.17, 15) is 9.59 Å². The summed E-state index contributed by atoms with van der Waals surface area (Å²) in [5.74, 6) is 0.706. The summed E-state index contributed by atoms with van der Waals surface area (Å²) in [5, 5.41) is 2.81. The van der Waals surface area contributed by atoms with Crippen molar-refractivity contribution >= 4 is 39.9 Å². The standard InChI is InChI=1S/C29H30ClN3O3/c1-4-28(34)32-16-19(17-32)18-33-25-15-24(30)23(22-11-7-9-20-8-5-6-10-21(20)22)14-27(25)36-26(29(33)35)12-13-31(2)3/h4-11,14-15,19,26H,1,12-13,16-18H2,2-3H3/t26-/m0/s1. The van der Waals surface area contributed by atoms with Crippen molar-refractivity contribution in [3.8, 4) is 16.9 Å². The van der Waals surface area contributed by atoms with E-state index in [2.05, 4.69) is 30.8 Å². The molecule has 3 aromatic carbocycles. The third-order valence-electron chi connectivity index (χ3n) is 6.95. The highest BCUT2D eigenvalue weighted by Gasteiger charge is 2.39. The number of carbonyl (C=O) groups excluding carboxylic acids is 2. The zero-order chi connectivity index (χ0) is 25.4. The lowest BCUT2D eigenvalue weighted by molar-refractivity contribution is -0.132. The highest BCUT2D eigenvalue weighted by Crippen LogP contribution is 2.44. The van der Waals surface area contributed by atoms with E-state index in [0.717, 1.165) is 28.4 Å². The Kier molecular flexibility index (Phi) is 6.73. The molecule has 0 saturated carbocycles. The van der Waals surface area contributed by atoms with Crippen LogP contribution in [0, 0.1) is 5.92 Å². The molecular weight excluding hydrogens is 474 g/mol. The zero-order valence-corrected chi connectivity index (χ0v) is 21.4. The van der Waals surface area contributed by atoms with E-state index < -0.39 is 6.10 Å². The molecule has 2 amide bonds. The molecular formula is C29H30ClN3O3. The van der Waals surface area contributed by atoms with Crippen molar-refractivity contribution in [1.29, 1.82) is 0 Å². The van der Waals surface area contributed by atoms with Crippen LogP contribution in [0.15, 0.2) is 67.3 Å². The van der Waals surface area contributed by atoms with Crippen LogP contribution >= 0.6 is 11.6 Å². The number of hydrogen-bond donors (Lipinski definition) is 0. The first-order valence-corrected chi connectivity index (χ1v) is 12.6. The molecule has 186 valence electrons. The second-order valence-electron chi connectivity index (χ2n) is 9.79. The lowest BCUT2D eigenvalue weighted by Crippen LogP contribution is -2.56. The van der Waals surface area contributed by atoms with Gasteiger partial charge in [0.05, 0.1) is 10.7 Å². The summed E-state index contributed by atoms with van der Waals surface area (Å²) < 4.78 is 6.31. The molecule has 0 spiro atoms. The van der Waals surface area contributed by atoms with Crippen LogP contribution in [0.5, 0.6) is 5.75 Å². The molecule has 0 radical (unpaired) electrons. The van der Waals surface area contributed by atoms with E-state index in [1.807, 2.05) is 49.3 Å². The predicted molar refractivity (Wildman–Crippen MR) is 145 cm³/mol. The number of rotatable bonds is 7. The van der Waals surface area contributed by atoms with Crippen molar-refractivity contribution in [2.45, 2.75) is 12.5 Å². The molecule has 0 aromatic heterocycles. The van der Waals surface area contributed by atoms with Crippen LogP contribution in [0.1, 0.15) is 6.42 Å². The minimum Gasteiger partial charge on any atom is -0.478 e. The van der Waals surface area contributed by atoms with Crippen molar-refractivity contribution in [3.63, 3.8) is 0 Å². The fraction of sp³-hybridized carbons (Fsp3) is 0.310. The number of hydrogen-bond acceptors (Lipinski definition) is 4. The number of benzene rings is 3. The maximum Gasteiger partial charge on any atom is 0.268 e. The summed E-state index contributed by atoms with van der Waals surface area (Å²) in [5.41, 5.74) is 2.58. The molecule has 0 N–H and O–H groups in total. The minimum atomic E-state index is -0.576. The first-order chi connectivity index (χ1) is 17.4. The van der Waals surface area contributed by atoms with Gasteiger partial charge in [-0.3, -0.25) is 9.59 Å². The van der Waals surface area contributed by atoms with Crippen molar-refractivity contribution in [2.24, 2.45) is 5.92 Å². The van der Waals surface area contributed by atoms with E-state index in [0.29, 0.717) is 42.5 Å². The number of nitrogens with zero attached hydrogens (tertiary/aromatic N) is 3. The predicted octanol–water partition coefficient (Wildman–Crippen LogP) is 4.85. The number of carbonyl (C=O) groups is 2. The molecule has 7 heteroatoms. The quantitative estimate of drug-likeness (QED) is 0.432. The third-order valence-corrected chi connectivity index (χ3v) is 7.27. The lowest BCUT2D eigenvalue weighted by atomic mass is 9.95. The Labute approximate surface area is 216 Å². The number of anilines is 1. The summed E-state index contributed by atoms with van der Waals surface area (Å²) in [6.45, 7) is 6.02. The van der Waals surface area contributed by atoms with Gasteiger partial charge in [-0.15, -0.1) is 0 Å². The Morgan fingerprint density at radius 1 is 1.14 bits per heavy atom. The van der Waals surface area contributed by atoms with Crippen molar-refractivity contribution < 1.29 is 14.3 Å². The Morgan fingerprint density at radius 2 is 1.89 bits per heavy atom. The Morgan fingerprint density at radius 3 is 2.64 bits per heavy atom. The Balaban J connectivity index is 1.51. The van der Waals surface area contributed by atoms with E-state index in [-0.39, 0.29) is 17.7 Å². The van der Waals surface area contributed by atoms with Gasteiger partial charge in [0, 0.05) is 44.1 Å². The molecule has 2 heterocycles. The second kappa shape index (κ2) is 9.96. The Hall–Kier alpha value is -3.35. The molecule has 1 atom stereocenters. The average molecular weight is 504 g/mol. The number of fused-ring (bicyclic) bond motifs is 2. The molecule has 2 aliphatic heterocycles. The number of amides is 2. The SMILES string of the molecule is C=CC(=O)N1CC(CN2C(=O)[C@H](CCN(C)C)Oc3cc(-c4cccc5ccccc45)c(Cl)cc32)C1. The van der Waals surface area contributed by atoms with E-state index in [4.69, 9.17) is 16.3 Å². The highest BCUT2D eigenvalue weighted by molar-refractivity contribution is 6.34. The molecule has 0 aliphatic carbocycles. The van der Waals surface area contributed by atoms with Crippen LogP contribution in [-0.4, -0.2) is 68.0 Å². The monoisotopic (exact) mass is 503 g/mol. The molecule has 2 aliphatic rings. The van der Waals surface area contributed by atoms with Gasteiger partial charge in [-0.05, 0) is 48.6 Å². The van der Waals surface area contributed by atoms with E-state index in [1.54, 1.807) is 9.80 Å². The summed E-state index contributed by atoms with van der Waals surface area (Å²) in [6.07, 6.45) is 1.34. The highest BCUT2D eigenvalue weighted by atomic mass is 35.5. The van der Waals surface area contributed by atoms with Gasteiger partial charge in [0.2, 0.25) is 5.91 Å². The van der Waals surface area contributed by atoms with Gasteiger partial charge in [-0.25, -0.2) is 0 Å². The second-order valence-corrected chi connectivity index (χ2v) is 10.2. The van der Waals surface area contributed by atoms with Gasteiger partial charge >= 0.3 is 0 Å². The number of likely N-dealkylation sites (tertiary alicyclic amines) is 1. The van der Waals surface area contributed by atoms with Crippen LogP contribution < -0.4 is 9.64 Å². The van der Waals surface area contributed by atoms with Crippen molar-refractivity contribution in [2.75, 3.05) is 45.2 Å². The summed E-state index contributed by atoms with van der Waals surface area (Å²) in [4.78, 5) is 31.0. The van der Waals surface area contributed by atoms with Crippen molar-refractivity contribution in [1.82, 2.24) is 9.80 Å². The fourth-order valence-corrected chi connectivity index (χ4v) is 5.27. The van der Waals surface area contributed by atoms with Crippen LogP contribution in [0.4, 0.5) is 5.69 Å². The van der Waals surface area contributed by atoms with Crippen LogP contribution in [0.3, 0.4) is 0 Å². The van der Waals surface area contributed by atoms with E-state index in [1.165, 1.54) is 6.08 Å². The van der Waals surface area contributed by atoms with Gasteiger partial charge in [0.25, 0.3) is 5.91 Å². The fourth-order valence-electron chi connectivity index (χ4n) is 5.01. The van der Waals surface area contributed by atoms with Gasteiger partial charge in [0.1, 0.15) is 5.75 Å². The number of halogens is 1. The first kappa shape index (κ1) is 24.3. The molecule has 1 fully saturated rings. The maximum absolute atomic E-state index is 13.5. The average Bonchev–Trinajstić information content (AvgIpc) is 2.85. The number of ether oxygens (including phenoxy) is 1. The summed E-state index contributed by atoms with van der Waals surface area (Å²) >= 11 is 6.85. The van der Waals surface area contributed by atoms with Gasteiger partial charge in [-0.1, -0.05) is 60.6 Å². The third kappa shape index (κ3) is 4.59. The van der Waals surface area contributed by atoms with Gasteiger partial charge < -0.3 is 19.4 Å². The molecule has 3 aromatic rings. The molecule has 6 nitrogen and oxygen atoms in total. The lowest BCUT2D eigenvalue weighted by Gasteiger charge is -2.43. The Bertz CT molecular complexity index is 1330. The van der Waals surface area contributed by atoms with E-state index >= 15 is 0 Å². The van der Waals surface area contributed by atoms with Crippen LogP contribution in [0.2, 0.25) is 5.02 Å².